The van der Waals surface area contributed by atoms with Crippen LogP contribution in [0.3, 0.4) is 0 Å². The molecule has 0 fully saturated rings. The van der Waals surface area contributed by atoms with Gasteiger partial charge < -0.3 is 9.84 Å². The fraction of sp³-hybridized carbons (Fsp3) is 0.308. The normalized spacial score (nSPS) is 10.2. The second kappa shape index (κ2) is 6.70. The zero-order chi connectivity index (χ0) is 12.7. The van der Waals surface area contributed by atoms with Crippen molar-refractivity contribution < 1.29 is 14.6 Å². The molecule has 0 saturated heterocycles. The van der Waals surface area contributed by atoms with E-state index in [4.69, 9.17) is 9.84 Å². The number of rotatable bonds is 7. The Bertz CT molecular complexity index is 390. The van der Waals surface area contributed by atoms with E-state index in [9.17, 15) is 4.79 Å². The van der Waals surface area contributed by atoms with Gasteiger partial charge in [0.15, 0.2) is 0 Å². The number of ether oxygens (including phenoxy) is 1. The summed E-state index contributed by atoms with van der Waals surface area (Å²) < 4.78 is 5.47. The van der Waals surface area contributed by atoms with E-state index in [1.54, 1.807) is 18.2 Å². The summed E-state index contributed by atoms with van der Waals surface area (Å²) in [6, 6.07) is 6.49. The molecule has 0 spiro atoms. The maximum atomic E-state index is 10.7. The molecule has 1 aromatic rings. The van der Waals surface area contributed by atoms with Gasteiger partial charge in [0.1, 0.15) is 12.4 Å². The van der Waals surface area contributed by atoms with Crippen LogP contribution in [-0.2, 0) is 0 Å². The van der Waals surface area contributed by atoms with Crippen LogP contribution >= 0.6 is 0 Å². The van der Waals surface area contributed by atoms with Crippen LogP contribution in [0.1, 0.15) is 10.4 Å². The molecule has 0 amide bonds. The summed E-state index contributed by atoms with van der Waals surface area (Å²) in [5.41, 5.74) is 0.238. The molecule has 0 aromatic heterocycles. The number of carboxylic acids is 1. The quantitative estimate of drug-likeness (QED) is 0.733. The molecular formula is C13H17NO3. The number of carbonyl (C=O) groups is 1. The third-order valence-corrected chi connectivity index (χ3v) is 2.26. The Balaban J connectivity index is 2.44. The average Bonchev–Trinajstić information content (AvgIpc) is 2.30. The highest BCUT2D eigenvalue weighted by molar-refractivity contribution is 5.87. The molecule has 0 bridgehead atoms. The fourth-order valence-corrected chi connectivity index (χ4v) is 1.35. The minimum absolute atomic E-state index is 0.238. The lowest BCUT2D eigenvalue weighted by molar-refractivity contribution is 0.0696. The predicted octanol–water partition coefficient (Wildman–Crippen LogP) is 1.88. The Kier molecular flexibility index (Phi) is 5.23. The Hall–Kier alpha value is -1.81. The maximum absolute atomic E-state index is 10.7. The van der Waals surface area contributed by atoms with Crippen molar-refractivity contribution in [3.63, 3.8) is 0 Å². The van der Waals surface area contributed by atoms with Crippen LogP contribution in [0.25, 0.3) is 0 Å². The highest BCUT2D eigenvalue weighted by atomic mass is 16.5. The minimum Gasteiger partial charge on any atom is -0.492 e. The van der Waals surface area contributed by atoms with E-state index in [0.29, 0.717) is 12.4 Å². The zero-order valence-corrected chi connectivity index (χ0v) is 9.93. The highest BCUT2D eigenvalue weighted by Crippen LogP contribution is 2.13. The lowest BCUT2D eigenvalue weighted by atomic mass is 10.2. The Morgan fingerprint density at radius 2 is 2.35 bits per heavy atom. The van der Waals surface area contributed by atoms with Gasteiger partial charge in [-0.15, -0.1) is 6.58 Å². The third-order valence-electron chi connectivity index (χ3n) is 2.26. The summed E-state index contributed by atoms with van der Waals surface area (Å²) in [4.78, 5) is 12.8. The molecule has 0 aliphatic heterocycles. The summed E-state index contributed by atoms with van der Waals surface area (Å²) >= 11 is 0. The van der Waals surface area contributed by atoms with E-state index in [1.807, 2.05) is 13.1 Å². The third kappa shape index (κ3) is 4.70. The monoisotopic (exact) mass is 235 g/mol. The molecule has 1 N–H and O–H groups in total. The number of hydrogen-bond donors (Lipinski definition) is 1. The zero-order valence-electron chi connectivity index (χ0n) is 9.93. The lowest BCUT2D eigenvalue weighted by Gasteiger charge is -2.14. The average molecular weight is 235 g/mol. The van der Waals surface area contributed by atoms with E-state index in [0.717, 1.165) is 13.1 Å². The van der Waals surface area contributed by atoms with Gasteiger partial charge >= 0.3 is 5.97 Å². The molecule has 0 aliphatic carbocycles. The van der Waals surface area contributed by atoms with Crippen LogP contribution in [0.5, 0.6) is 5.75 Å². The van der Waals surface area contributed by atoms with Gasteiger partial charge in [-0.2, -0.15) is 0 Å². The van der Waals surface area contributed by atoms with E-state index >= 15 is 0 Å². The lowest BCUT2D eigenvalue weighted by Crippen LogP contribution is -2.24. The summed E-state index contributed by atoms with van der Waals surface area (Å²) in [6.07, 6.45) is 1.82. The number of carboxylic acid groups (broad SMARTS) is 1. The van der Waals surface area contributed by atoms with Gasteiger partial charge in [0.25, 0.3) is 0 Å². The van der Waals surface area contributed by atoms with E-state index < -0.39 is 5.97 Å². The van der Waals surface area contributed by atoms with Crippen molar-refractivity contribution in [1.82, 2.24) is 4.90 Å². The number of aromatic carboxylic acids is 1. The van der Waals surface area contributed by atoms with Crippen molar-refractivity contribution in [2.45, 2.75) is 0 Å². The molecule has 17 heavy (non-hydrogen) atoms. The van der Waals surface area contributed by atoms with Crippen molar-refractivity contribution in [2.75, 3.05) is 26.7 Å². The summed E-state index contributed by atoms with van der Waals surface area (Å²) in [5.74, 6) is -0.365. The molecule has 1 aromatic carbocycles. The van der Waals surface area contributed by atoms with Crippen molar-refractivity contribution >= 4 is 5.97 Å². The van der Waals surface area contributed by atoms with Crippen molar-refractivity contribution in [2.24, 2.45) is 0 Å². The number of nitrogens with zero attached hydrogens (tertiary/aromatic N) is 1. The molecule has 4 heteroatoms. The molecule has 92 valence electrons. The van der Waals surface area contributed by atoms with Crippen molar-refractivity contribution in [1.29, 1.82) is 0 Å². The van der Waals surface area contributed by atoms with Crippen LogP contribution in [0, 0.1) is 0 Å². The molecule has 0 unspecified atom stereocenters. The number of likely N-dealkylation sites (N-methyl/N-ethyl adjacent to an activating group) is 1. The van der Waals surface area contributed by atoms with Crippen LogP contribution in [0.4, 0.5) is 0 Å². The first-order chi connectivity index (χ1) is 8.13. The fourth-order valence-electron chi connectivity index (χ4n) is 1.35. The smallest absolute Gasteiger partial charge is 0.335 e. The van der Waals surface area contributed by atoms with E-state index in [1.165, 1.54) is 6.07 Å². The number of hydrogen-bond acceptors (Lipinski definition) is 3. The van der Waals surface area contributed by atoms with Gasteiger partial charge in [0.2, 0.25) is 0 Å². The first kappa shape index (κ1) is 13.3. The molecule has 0 radical (unpaired) electrons. The summed E-state index contributed by atoms with van der Waals surface area (Å²) in [6.45, 7) is 5.74. The van der Waals surface area contributed by atoms with E-state index in [2.05, 4.69) is 11.5 Å². The first-order valence-electron chi connectivity index (χ1n) is 5.39. The molecule has 1 rings (SSSR count). The second-order valence-electron chi connectivity index (χ2n) is 3.73. The molecule has 0 atom stereocenters. The molecule has 0 saturated carbocycles. The molecular weight excluding hydrogens is 218 g/mol. The van der Waals surface area contributed by atoms with Crippen LogP contribution in [0.2, 0.25) is 0 Å². The number of benzene rings is 1. The molecule has 4 nitrogen and oxygen atoms in total. The van der Waals surface area contributed by atoms with Gasteiger partial charge in [-0.05, 0) is 25.2 Å². The minimum atomic E-state index is -0.945. The highest BCUT2D eigenvalue weighted by Gasteiger charge is 2.03. The van der Waals surface area contributed by atoms with E-state index in [-0.39, 0.29) is 5.56 Å². The Morgan fingerprint density at radius 3 is 3.00 bits per heavy atom. The molecule has 0 heterocycles. The largest absolute Gasteiger partial charge is 0.492 e. The Labute approximate surface area is 101 Å². The van der Waals surface area contributed by atoms with Gasteiger partial charge in [-0.3, -0.25) is 4.90 Å². The topological polar surface area (TPSA) is 49.8 Å². The maximum Gasteiger partial charge on any atom is 0.335 e. The SMILES string of the molecule is C=CCN(C)CCOc1cccc(C(=O)O)c1. The summed E-state index contributed by atoms with van der Waals surface area (Å²) in [5, 5.41) is 8.82. The van der Waals surface area contributed by atoms with Gasteiger partial charge in [-0.25, -0.2) is 4.79 Å². The van der Waals surface area contributed by atoms with Crippen LogP contribution in [0.15, 0.2) is 36.9 Å². The van der Waals surface area contributed by atoms with Crippen LogP contribution in [-0.4, -0.2) is 42.7 Å². The van der Waals surface area contributed by atoms with Gasteiger partial charge in [0, 0.05) is 13.1 Å². The van der Waals surface area contributed by atoms with Crippen molar-refractivity contribution in [3.05, 3.63) is 42.5 Å². The Morgan fingerprint density at radius 1 is 1.59 bits per heavy atom. The first-order valence-corrected chi connectivity index (χ1v) is 5.39. The van der Waals surface area contributed by atoms with Gasteiger partial charge in [0.05, 0.1) is 5.56 Å². The standard InChI is InChI=1S/C13H17NO3/c1-3-7-14(2)8-9-17-12-6-4-5-11(10-12)13(15)16/h3-6,10H,1,7-9H2,2H3,(H,15,16). The van der Waals surface area contributed by atoms with Crippen molar-refractivity contribution in [3.8, 4) is 5.75 Å². The van der Waals surface area contributed by atoms with Crippen LogP contribution < -0.4 is 4.74 Å². The molecule has 0 aliphatic rings. The summed E-state index contributed by atoms with van der Waals surface area (Å²) in [7, 11) is 1.97. The van der Waals surface area contributed by atoms with Gasteiger partial charge in [-0.1, -0.05) is 12.1 Å². The predicted molar refractivity (Wildman–Crippen MR) is 66.6 cm³/mol. The second-order valence-corrected chi connectivity index (χ2v) is 3.73.